The third-order valence-corrected chi connectivity index (χ3v) is 4.39. The van der Waals surface area contributed by atoms with Crippen LogP contribution in [0.3, 0.4) is 0 Å². The van der Waals surface area contributed by atoms with Gasteiger partial charge in [-0.3, -0.25) is 4.79 Å². The van der Waals surface area contributed by atoms with Crippen molar-refractivity contribution in [2.45, 2.75) is 6.18 Å². The highest BCUT2D eigenvalue weighted by molar-refractivity contribution is 5.99. The molecule has 0 aliphatic heterocycles. The molecule has 0 unspecified atom stereocenters. The third-order valence-electron chi connectivity index (χ3n) is 4.39. The first-order chi connectivity index (χ1) is 14.8. The SMILES string of the molecule is COc1ccccc1NC(=O)COC(=O)c1ccccc1-c1ccc(C(F)(F)F)cc1. The van der Waals surface area contributed by atoms with Gasteiger partial charge in [-0.2, -0.15) is 13.2 Å². The van der Waals surface area contributed by atoms with Crippen molar-refractivity contribution in [2.24, 2.45) is 0 Å². The number of carbonyl (C=O) groups excluding carboxylic acids is 2. The summed E-state index contributed by atoms with van der Waals surface area (Å²) in [6.45, 7) is -0.543. The molecular formula is C23H18F3NO4. The minimum atomic E-state index is -4.45. The summed E-state index contributed by atoms with van der Waals surface area (Å²) in [5.41, 5.74) is 0.582. The molecule has 3 aromatic carbocycles. The summed E-state index contributed by atoms with van der Waals surface area (Å²) in [4.78, 5) is 24.7. The van der Waals surface area contributed by atoms with E-state index in [2.05, 4.69) is 5.32 Å². The zero-order valence-corrected chi connectivity index (χ0v) is 16.4. The number of halogens is 3. The van der Waals surface area contributed by atoms with Gasteiger partial charge in [-0.15, -0.1) is 0 Å². The van der Waals surface area contributed by atoms with E-state index < -0.39 is 30.2 Å². The van der Waals surface area contributed by atoms with Gasteiger partial charge in [0, 0.05) is 0 Å². The zero-order valence-electron chi connectivity index (χ0n) is 16.4. The molecule has 160 valence electrons. The van der Waals surface area contributed by atoms with Crippen LogP contribution in [0.25, 0.3) is 11.1 Å². The molecule has 3 rings (SSSR count). The average molecular weight is 429 g/mol. The van der Waals surface area contributed by atoms with Crippen LogP contribution in [0, 0.1) is 0 Å². The molecule has 0 aliphatic rings. The molecule has 0 saturated heterocycles. The predicted octanol–water partition coefficient (Wildman–Crippen LogP) is 5.18. The molecule has 0 aromatic heterocycles. The number of anilines is 1. The summed E-state index contributed by atoms with van der Waals surface area (Å²) in [5, 5.41) is 2.59. The molecule has 0 bridgehead atoms. The number of alkyl halides is 3. The Morgan fingerprint density at radius 1 is 0.903 bits per heavy atom. The van der Waals surface area contributed by atoms with Crippen LogP contribution in [0.4, 0.5) is 18.9 Å². The van der Waals surface area contributed by atoms with Gasteiger partial charge in [-0.05, 0) is 41.5 Å². The topological polar surface area (TPSA) is 64.6 Å². The van der Waals surface area contributed by atoms with E-state index in [1.807, 2.05) is 0 Å². The maximum atomic E-state index is 12.8. The van der Waals surface area contributed by atoms with Gasteiger partial charge >= 0.3 is 12.1 Å². The van der Waals surface area contributed by atoms with Crippen molar-refractivity contribution in [2.75, 3.05) is 19.0 Å². The van der Waals surface area contributed by atoms with Gasteiger partial charge in [0.15, 0.2) is 6.61 Å². The molecule has 1 amide bonds. The third kappa shape index (κ3) is 5.42. The number of carbonyl (C=O) groups is 2. The average Bonchev–Trinajstić information content (AvgIpc) is 2.77. The highest BCUT2D eigenvalue weighted by Crippen LogP contribution is 2.32. The summed E-state index contributed by atoms with van der Waals surface area (Å²) >= 11 is 0. The highest BCUT2D eigenvalue weighted by Gasteiger charge is 2.30. The maximum Gasteiger partial charge on any atom is 0.416 e. The number of methoxy groups -OCH3 is 1. The zero-order chi connectivity index (χ0) is 22.4. The summed E-state index contributed by atoms with van der Waals surface area (Å²) < 4.78 is 48.6. The van der Waals surface area contributed by atoms with Crippen LogP contribution in [0.15, 0.2) is 72.8 Å². The van der Waals surface area contributed by atoms with Crippen molar-refractivity contribution < 1.29 is 32.2 Å². The number of hydrogen-bond donors (Lipinski definition) is 1. The Morgan fingerprint density at radius 2 is 1.55 bits per heavy atom. The van der Waals surface area contributed by atoms with E-state index in [4.69, 9.17) is 9.47 Å². The fourth-order valence-electron chi connectivity index (χ4n) is 2.89. The van der Waals surface area contributed by atoms with Crippen molar-refractivity contribution in [3.63, 3.8) is 0 Å². The molecule has 0 radical (unpaired) electrons. The molecule has 0 spiro atoms. The Kier molecular flexibility index (Phi) is 6.59. The van der Waals surface area contributed by atoms with E-state index in [1.165, 1.54) is 25.3 Å². The number of hydrogen-bond acceptors (Lipinski definition) is 4. The van der Waals surface area contributed by atoms with Crippen LogP contribution in [0.5, 0.6) is 5.75 Å². The van der Waals surface area contributed by atoms with Crippen molar-refractivity contribution in [3.8, 4) is 16.9 Å². The van der Waals surface area contributed by atoms with Crippen molar-refractivity contribution >= 4 is 17.6 Å². The van der Waals surface area contributed by atoms with E-state index in [0.29, 0.717) is 22.6 Å². The van der Waals surface area contributed by atoms with Crippen molar-refractivity contribution in [3.05, 3.63) is 83.9 Å². The predicted molar refractivity (Wildman–Crippen MR) is 109 cm³/mol. The lowest BCUT2D eigenvalue weighted by Gasteiger charge is -2.12. The number of rotatable bonds is 6. The lowest BCUT2D eigenvalue weighted by Crippen LogP contribution is -2.21. The quantitative estimate of drug-likeness (QED) is 0.549. The number of esters is 1. The van der Waals surface area contributed by atoms with Crippen molar-refractivity contribution in [1.82, 2.24) is 0 Å². The minimum Gasteiger partial charge on any atom is -0.495 e. The van der Waals surface area contributed by atoms with Crippen LogP contribution in [-0.2, 0) is 15.7 Å². The lowest BCUT2D eigenvalue weighted by molar-refractivity contribution is -0.137. The Bertz CT molecular complexity index is 1080. The summed E-state index contributed by atoms with van der Waals surface area (Å²) in [7, 11) is 1.46. The molecule has 31 heavy (non-hydrogen) atoms. The van der Waals surface area contributed by atoms with Gasteiger partial charge in [-0.1, -0.05) is 42.5 Å². The Hall–Kier alpha value is -3.81. The van der Waals surface area contributed by atoms with E-state index >= 15 is 0 Å². The Labute approximate surface area is 176 Å². The molecule has 0 saturated carbocycles. The largest absolute Gasteiger partial charge is 0.495 e. The summed E-state index contributed by atoms with van der Waals surface area (Å²) in [5.74, 6) is -0.884. The highest BCUT2D eigenvalue weighted by atomic mass is 19.4. The second-order valence-electron chi connectivity index (χ2n) is 6.45. The van der Waals surface area contributed by atoms with Crippen LogP contribution < -0.4 is 10.1 Å². The molecule has 8 heteroatoms. The molecule has 0 atom stereocenters. The molecule has 0 aliphatic carbocycles. The smallest absolute Gasteiger partial charge is 0.416 e. The number of para-hydroxylation sites is 2. The van der Waals surface area contributed by atoms with Crippen LogP contribution in [0.1, 0.15) is 15.9 Å². The van der Waals surface area contributed by atoms with Gasteiger partial charge in [0.2, 0.25) is 0 Å². The fraction of sp³-hybridized carbons (Fsp3) is 0.130. The Morgan fingerprint density at radius 3 is 2.23 bits per heavy atom. The first-order valence-electron chi connectivity index (χ1n) is 9.16. The van der Waals surface area contributed by atoms with Gasteiger partial charge in [0.25, 0.3) is 5.91 Å². The van der Waals surface area contributed by atoms with Crippen molar-refractivity contribution in [1.29, 1.82) is 0 Å². The lowest BCUT2D eigenvalue weighted by atomic mass is 9.98. The Balaban J connectivity index is 1.71. The second-order valence-corrected chi connectivity index (χ2v) is 6.45. The normalized spacial score (nSPS) is 11.0. The number of benzene rings is 3. The van der Waals surface area contributed by atoms with Gasteiger partial charge in [-0.25, -0.2) is 4.79 Å². The molecule has 3 aromatic rings. The number of ether oxygens (including phenoxy) is 2. The number of nitrogens with one attached hydrogen (secondary N) is 1. The second kappa shape index (κ2) is 9.34. The molecule has 1 N–H and O–H groups in total. The monoisotopic (exact) mass is 429 g/mol. The summed E-state index contributed by atoms with van der Waals surface area (Å²) in [6, 6.07) is 17.5. The standard InChI is InChI=1S/C23H18F3NO4/c1-30-20-9-5-4-8-19(20)27-21(28)14-31-22(29)18-7-3-2-6-17(18)15-10-12-16(13-11-15)23(24,25)26/h2-13H,14H2,1H3,(H,27,28). The first-order valence-corrected chi connectivity index (χ1v) is 9.16. The molecular weight excluding hydrogens is 411 g/mol. The molecule has 0 heterocycles. The number of amides is 1. The van der Waals surface area contributed by atoms with Crippen LogP contribution in [-0.4, -0.2) is 25.6 Å². The molecule has 0 fully saturated rings. The minimum absolute atomic E-state index is 0.132. The fourth-order valence-corrected chi connectivity index (χ4v) is 2.89. The molecule has 5 nitrogen and oxygen atoms in total. The maximum absolute atomic E-state index is 12.8. The van der Waals surface area contributed by atoms with E-state index in [-0.39, 0.29) is 5.56 Å². The van der Waals surface area contributed by atoms with Crippen LogP contribution >= 0.6 is 0 Å². The summed E-state index contributed by atoms with van der Waals surface area (Å²) in [6.07, 6.45) is -4.45. The van der Waals surface area contributed by atoms with E-state index in [0.717, 1.165) is 12.1 Å². The van der Waals surface area contributed by atoms with E-state index in [1.54, 1.807) is 42.5 Å². The van der Waals surface area contributed by atoms with Gasteiger partial charge in [0.1, 0.15) is 5.75 Å². The first kappa shape index (κ1) is 21.9. The van der Waals surface area contributed by atoms with Gasteiger partial charge < -0.3 is 14.8 Å². The van der Waals surface area contributed by atoms with Gasteiger partial charge in [0.05, 0.1) is 23.9 Å². The van der Waals surface area contributed by atoms with E-state index in [9.17, 15) is 22.8 Å². The van der Waals surface area contributed by atoms with Crippen LogP contribution in [0.2, 0.25) is 0 Å².